The molecule has 0 spiro atoms. The Balaban J connectivity index is 1.70. The van der Waals surface area contributed by atoms with Gasteiger partial charge in [0, 0.05) is 11.8 Å². The number of hydrogen-bond acceptors (Lipinski definition) is 6. The van der Waals surface area contributed by atoms with Crippen LogP contribution in [0.5, 0.6) is 5.75 Å². The average Bonchev–Trinajstić information content (AvgIpc) is 2.91. The number of nitrogens with zero attached hydrogens (tertiary/aromatic N) is 1. The Bertz CT molecular complexity index is 985. The van der Waals surface area contributed by atoms with Gasteiger partial charge in [-0.25, -0.2) is 4.79 Å². The van der Waals surface area contributed by atoms with Crippen molar-refractivity contribution in [1.29, 1.82) is 0 Å². The third-order valence-corrected chi connectivity index (χ3v) is 4.55. The van der Waals surface area contributed by atoms with Crippen LogP contribution in [0.1, 0.15) is 29.3 Å². The standard InChI is InChI=1S/C21H19ClN2O5/c1-2-10-29-21(28)14-8-6-13(7-9-14)12-24-19(26)17(22)18(20(24)27)23-15-4-3-5-16(25)11-15/h3-9,11,23,25H,2,10,12H2,1H3. The lowest BCUT2D eigenvalue weighted by Crippen LogP contribution is -2.31. The van der Waals surface area contributed by atoms with E-state index in [0.29, 0.717) is 23.4 Å². The van der Waals surface area contributed by atoms with Gasteiger partial charge in [-0.3, -0.25) is 14.5 Å². The van der Waals surface area contributed by atoms with Crippen LogP contribution in [0.25, 0.3) is 0 Å². The number of nitrogens with one attached hydrogen (secondary N) is 1. The molecule has 1 aliphatic heterocycles. The molecule has 2 aromatic carbocycles. The largest absolute Gasteiger partial charge is 0.508 e. The summed E-state index contributed by atoms with van der Waals surface area (Å²) in [6.07, 6.45) is 0.732. The van der Waals surface area contributed by atoms with Crippen LogP contribution in [-0.2, 0) is 20.9 Å². The van der Waals surface area contributed by atoms with Crippen molar-refractivity contribution in [2.75, 3.05) is 11.9 Å². The number of carbonyl (C=O) groups is 3. The highest BCUT2D eigenvalue weighted by molar-refractivity contribution is 6.48. The Morgan fingerprint density at radius 1 is 1.14 bits per heavy atom. The maximum Gasteiger partial charge on any atom is 0.338 e. The zero-order chi connectivity index (χ0) is 21.0. The Morgan fingerprint density at radius 2 is 1.86 bits per heavy atom. The molecule has 1 heterocycles. The number of imide groups is 1. The molecular weight excluding hydrogens is 396 g/mol. The first kappa shape index (κ1) is 20.4. The van der Waals surface area contributed by atoms with Crippen LogP contribution in [0.3, 0.4) is 0 Å². The van der Waals surface area contributed by atoms with Gasteiger partial charge in [-0.2, -0.15) is 0 Å². The van der Waals surface area contributed by atoms with E-state index in [-0.39, 0.29) is 23.0 Å². The lowest BCUT2D eigenvalue weighted by Gasteiger charge is -2.15. The number of halogens is 1. The van der Waals surface area contributed by atoms with E-state index in [4.69, 9.17) is 16.3 Å². The predicted molar refractivity (Wildman–Crippen MR) is 107 cm³/mol. The average molecular weight is 415 g/mol. The minimum atomic E-state index is -0.620. The Hall–Kier alpha value is -3.32. The van der Waals surface area contributed by atoms with Gasteiger partial charge in [0.1, 0.15) is 16.5 Å². The van der Waals surface area contributed by atoms with Gasteiger partial charge in [-0.05, 0) is 36.2 Å². The van der Waals surface area contributed by atoms with Crippen molar-refractivity contribution in [2.24, 2.45) is 0 Å². The second-order valence-corrected chi connectivity index (χ2v) is 6.77. The van der Waals surface area contributed by atoms with E-state index in [1.165, 1.54) is 12.1 Å². The third kappa shape index (κ3) is 4.57. The van der Waals surface area contributed by atoms with Crippen molar-refractivity contribution < 1.29 is 24.2 Å². The molecule has 2 aromatic rings. The summed E-state index contributed by atoms with van der Waals surface area (Å²) in [6, 6.07) is 12.6. The van der Waals surface area contributed by atoms with Crippen molar-refractivity contribution in [2.45, 2.75) is 19.9 Å². The minimum Gasteiger partial charge on any atom is -0.508 e. The fourth-order valence-corrected chi connectivity index (χ4v) is 2.96. The number of carbonyl (C=O) groups excluding carboxylic acids is 3. The summed E-state index contributed by atoms with van der Waals surface area (Å²) in [5.74, 6) is -1.60. The van der Waals surface area contributed by atoms with E-state index in [0.717, 1.165) is 11.3 Å². The maximum atomic E-state index is 12.7. The van der Waals surface area contributed by atoms with Crippen LogP contribution in [0, 0.1) is 0 Å². The summed E-state index contributed by atoms with van der Waals surface area (Å²) in [5.41, 5.74) is 1.42. The minimum absolute atomic E-state index is 0.00337. The van der Waals surface area contributed by atoms with Gasteiger partial charge in [0.05, 0.1) is 18.7 Å². The molecule has 3 rings (SSSR count). The summed E-state index contributed by atoms with van der Waals surface area (Å²) in [4.78, 5) is 38.0. The molecule has 1 aliphatic rings. The highest BCUT2D eigenvalue weighted by Crippen LogP contribution is 2.28. The van der Waals surface area contributed by atoms with Crippen LogP contribution < -0.4 is 5.32 Å². The third-order valence-electron chi connectivity index (χ3n) is 4.19. The quantitative estimate of drug-likeness (QED) is 0.532. The Kier molecular flexibility index (Phi) is 6.19. The molecule has 0 unspecified atom stereocenters. The molecule has 0 saturated carbocycles. The van der Waals surface area contributed by atoms with Gasteiger partial charge in [0.2, 0.25) is 0 Å². The maximum absolute atomic E-state index is 12.7. The molecule has 2 amide bonds. The van der Waals surface area contributed by atoms with Crippen LogP contribution in [-0.4, -0.2) is 34.4 Å². The van der Waals surface area contributed by atoms with Crippen LogP contribution in [0.4, 0.5) is 5.69 Å². The van der Waals surface area contributed by atoms with Gasteiger partial charge < -0.3 is 15.2 Å². The van der Waals surface area contributed by atoms with Crippen LogP contribution >= 0.6 is 11.6 Å². The zero-order valence-electron chi connectivity index (χ0n) is 15.6. The number of amides is 2. The van der Waals surface area contributed by atoms with Crippen molar-refractivity contribution in [3.05, 3.63) is 70.4 Å². The Labute approximate surface area is 172 Å². The fraction of sp³-hybridized carbons (Fsp3) is 0.190. The van der Waals surface area contributed by atoms with Gasteiger partial charge in [0.15, 0.2) is 0 Å². The molecule has 0 fully saturated rings. The van der Waals surface area contributed by atoms with Crippen molar-refractivity contribution >= 4 is 35.1 Å². The predicted octanol–water partition coefficient (Wildman–Crippen LogP) is 3.39. The first-order valence-electron chi connectivity index (χ1n) is 8.98. The molecule has 29 heavy (non-hydrogen) atoms. The van der Waals surface area contributed by atoms with E-state index in [1.807, 2.05) is 6.92 Å². The molecular formula is C21H19ClN2O5. The molecule has 0 saturated heterocycles. The molecule has 0 atom stereocenters. The van der Waals surface area contributed by atoms with Crippen LogP contribution in [0.15, 0.2) is 59.3 Å². The summed E-state index contributed by atoms with van der Waals surface area (Å²) in [5, 5.41) is 12.1. The molecule has 7 nitrogen and oxygen atoms in total. The molecule has 150 valence electrons. The summed E-state index contributed by atoms with van der Waals surface area (Å²) < 4.78 is 5.07. The number of phenolic OH excluding ortho intramolecular Hbond substituents is 1. The number of ether oxygens (including phenoxy) is 1. The summed E-state index contributed by atoms with van der Waals surface area (Å²) in [6.45, 7) is 2.25. The highest BCUT2D eigenvalue weighted by atomic mass is 35.5. The number of hydrogen-bond donors (Lipinski definition) is 2. The normalized spacial score (nSPS) is 13.8. The second kappa shape index (κ2) is 8.79. The summed E-state index contributed by atoms with van der Waals surface area (Å²) in [7, 11) is 0. The number of aromatic hydroxyl groups is 1. The topological polar surface area (TPSA) is 95.9 Å². The van der Waals surface area contributed by atoms with E-state index in [2.05, 4.69) is 5.32 Å². The van der Waals surface area contributed by atoms with Gasteiger partial charge in [-0.1, -0.05) is 36.7 Å². The van der Waals surface area contributed by atoms with Crippen molar-refractivity contribution in [3.63, 3.8) is 0 Å². The number of anilines is 1. The molecule has 0 aliphatic carbocycles. The van der Waals surface area contributed by atoms with Crippen LogP contribution in [0.2, 0.25) is 0 Å². The SMILES string of the molecule is CCCOC(=O)c1ccc(CN2C(=O)C(Cl)=C(Nc3cccc(O)c3)C2=O)cc1. The first-order valence-corrected chi connectivity index (χ1v) is 9.36. The number of phenols is 1. The number of rotatable bonds is 7. The molecule has 8 heteroatoms. The second-order valence-electron chi connectivity index (χ2n) is 6.39. The van der Waals surface area contributed by atoms with E-state index in [9.17, 15) is 19.5 Å². The zero-order valence-corrected chi connectivity index (χ0v) is 16.4. The van der Waals surface area contributed by atoms with Crippen molar-refractivity contribution in [1.82, 2.24) is 4.90 Å². The molecule has 0 radical (unpaired) electrons. The van der Waals surface area contributed by atoms with E-state index >= 15 is 0 Å². The van der Waals surface area contributed by atoms with Crippen molar-refractivity contribution in [3.8, 4) is 5.75 Å². The first-order chi connectivity index (χ1) is 13.9. The molecule has 2 N–H and O–H groups in total. The summed E-state index contributed by atoms with van der Waals surface area (Å²) >= 11 is 6.07. The molecule has 0 bridgehead atoms. The van der Waals surface area contributed by atoms with Gasteiger partial charge >= 0.3 is 5.97 Å². The molecule has 0 aromatic heterocycles. The highest BCUT2D eigenvalue weighted by Gasteiger charge is 2.37. The number of benzene rings is 2. The lowest BCUT2D eigenvalue weighted by molar-refractivity contribution is -0.138. The Morgan fingerprint density at radius 3 is 2.52 bits per heavy atom. The van der Waals surface area contributed by atoms with E-state index in [1.54, 1.807) is 36.4 Å². The van der Waals surface area contributed by atoms with E-state index < -0.39 is 17.8 Å². The monoisotopic (exact) mass is 414 g/mol. The number of esters is 1. The smallest absolute Gasteiger partial charge is 0.338 e. The van der Waals surface area contributed by atoms with Gasteiger partial charge in [0.25, 0.3) is 11.8 Å². The lowest BCUT2D eigenvalue weighted by atomic mass is 10.1. The van der Waals surface area contributed by atoms with Gasteiger partial charge in [-0.15, -0.1) is 0 Å². The fourth-order valence-electron chi connectivity index (χ4n) is 2.73.